The Morgan fingerprint density at radius 3 is 2.65 bits per heavy atom. The van der Waals surface area contributed by atoms with Crippen LogP contribution in [0.2, 0.25) is 0 Å². The van der Waals surface area contributed by atoms with Gasteiger partial charge < -0.3 is 0 Å². The summed E-state index contributed by atoms with van der Waals surface area (Å²) < 4.78 is -0.265. The molecule has 1 fully saturated rings. The lowest BCUT2D eigenvalue weighted by Gasteiger charge is -2.24. The van der Waals surface area contributed by atoms with Crippen LogP contribution in [0.25, 0.3) is 0 Å². The van der Waals surface area contributed by atoms with Crippen molar-refractivity contribution >= 4 is 34.2 Å². The molecule has 1 aromatic carbocycles. The van der Waals surface area contributed by atoms with Crippen molar-refractivity contribution in [3.8, 4) is 0 Å². The van der Waals surface area contributed by atoms with Crippen LogP contribution < -0.4 is 0 Å². The third kappa shape index (κ3) is 1.75. The molecule has 0 saturated heterocycles. The minimum absolute atomic E-state index is 0.138. The number of fused-ring (bicyclic) bond motifs is 3. The molecule has 88 valence electrons. The van der Waals surface area contributed by atoms with E-state index >= 15 is 0 Å². The Bertz CT molecular complexity index is 509. The van der Waals surface area contributed by atoms with Crippen LogP contribution in [0.15, 0.2) is 24.3 Å². The third-order valence-corrected chi connectivity index (χ3v) is 5.38. The predicted octanol–water partition coefficient (Wildman–Crippen LogP) is 3.43. The van der Waals surface area contributed by atoms with Crippen LogP contribution in [0.4, 0.5) is 0 Å². The van der Waals surface area contributed by atoms with Gasteiger partial charge in [-0.15, -0.1) is 0 Å². The molecule has 2 atom stereocenters. The summed E-state index contributed by atoms with van der Waals surface area (Å²) in [7, 11) is 0. The van der Waals surface area contributed by atoms with Crippen LogP contribution in [-0.2, 0) is 0 Å². The Labute approximate surface area is 114 Å². The summed E-state index contributed by atoms with van der Waals surface area (Å²) in [6, 6.07) is 7.28. The molecule has 3 heteroatoms. The molecule has 0 radical (unpaired) electrons. The quantitative estimate of drug-likeness (QED) is 0.536. The predicted molar refractivity (Wildman–Crippen MR) is 73.8 cm³/mol. The highest BCUT2D eigenvalue weighted by Crippen LogP contribution is 2.47. The average Bonchev–Trinajstić information content (AvgIpc) is 2.71. The molecule has 0 aromatic heterocycles. The summed E-state index contributed by atoms with van der Waals surface area (Å²) in [6.45, 7) is 0. The van der Waals surface area contributed by atoms with Crippen molar-refractivity contribution < 1.29 is 9.59 Å². The molecule has 2 aliphatic carbocycles. The Hall–Kier alpha value is -0.710. The summed E-state index contributed by atoms with van der Waals surface area (Å²) in [5.41, 5.74) is 1.26. The lowest BCUT2D eigenvalue weighted by Crippen LogP contribution is -2.32. The number of benzene rings is 1. The van der Waals surface area contributed by atoms with Crippen LogP contribution in [0.1, 0.15) is 46.4 Å². The van der Waals surface area contributed by atoms with Crippen LogP contribution in [0, 0.1) is 5.92 Å². The minimum atomic E-state index is -0.265. The summed E-state index contributed by atoms with van der Waals surface area (Å²) in [5.74, 6) is 0.695. The SMILES string of the molecule is O=C1C[C@H]2CC[C@](I)(C2)C(=O)c2ccccc21. The molecule has 3 rings (SSSR count). The first-order chi connectivity index (χ1) is 8.10. The van der Waals surface area contributed by atoms with Crippen molar-refractivity contribution in [2.75, 3.05) is 0 Å². The molecule has 0 amide bonds. The molecule has 0 N–H and O–H groups in total. The molecule has 1 saturated carbocycles. The van der Waals surface area contributed by atoms with E-state index in [1.165, 1.54) is 0 Å². The van der Waals surface area contributed by atoms with E-state index in [1.807, 2.05) is 12.1 Å². The first kappa shape index (κ1) is 11.4. The van der Waals surface area contributed by atoms with E-state index in [0.717, 1.165) is 19.3 Å². The van der Waals surface area contributed by atoms with Crippen LogP contribution in [-0.4, -0.2) is 15.0 Å². The molecule has 2 nitrogen and oxygen atoms in total. The smallest absolute Gasteiger partial charge is 0.179 e. The number of hydrogen-bond acceptors (Lipinski definition) is 2. The van der Waals surface area contributed by atoms with Crippen LogP contribution in [0.5, 0.6) is 0 Å². The van der Waals surface area contributed by atoms with E-state index in [9.17, 15) is 9.59 Å². The van der Waals surface area contributed by atoms with Crippen molar-refractivity contribution in [1.82, 2.24) is 0 Å². The lowest BCUT2D eigenvalue weighted by molar-refractivity contribution is 0.0906. The number of carbonyl (C=O) groups is 2. The van der Waals surface area contributed by atoms with Crippen LogP contribution >= 0.6 is 22.6 Å². The molecule has 0 spiro atoms. The first-order valence-electron chi connectivity index (χ1n) is 5.96. The van der Waals surface area contributed by atoms with E-state index in [2.05, 4.69) is 22.6 Å². The molecular formula is C14H13IO2. The highest BCUT2D eigenvalue weighted by atomic mass is 127. The van der Waals surface area contributed by atoms with Gasteiger partial charge in [0.05, 0.1) is 3.42 Å². The molecule has 17 heavy (non-hydrogen) atoms. The van der Waals surface area contributed by atoms with Gasteiger partial charge in [0, 0.05) is 17.5 Å². The standard InChI is InChI=1S/C14H13IO2/c15-14-6-5-9(8-14)7-12(16)10-3-1-2-4-11(10)13(14)17/h1-4,9H,5-8H2/t9-,14+/m1/s1. The summed E-state index contributed by atoms with van der Waals surface area (Å²) >= 11 is 2.31. The maximum absolute atomic E-state index is 12.6. The second-order valence-corrected chi connectivity index (χ2v) is 7.14. The number of Topliss-reactive ketones (excluding diaryl/α,β-unsaturated/α-hetero) is 2. The fourth-order valence-corrected chi connectivity index (χ4v) is 4.24. The zero-order valence-electron chi connectivity index (χ0n) is 9.41. The fourth-order valence-electron chi connectivity index (χ4n) is 3.01. The van der Waals surface area contributed by atoms with Gasteiger partial charge in [0.15, 0.2) is 11.6 Å². The van der Waals surface area contributed by atoms with Gasteiger partial charge in [-0.1, -0.05) is 46.9 Å². The van der Waals surface area contributed by atoms with Crippen molar-refractivity contribution in [3.63, 3.8) is 0 Å². The molecular weight excluding hydrogens is 327 g/mol. The Kier molecular flexibility index (Phi) is 2.61. The zero-order valence-corrected chi connectivity index (χ0v) is 11.6. The molecule has 0 heterocycles. The number of ketones is 2. The minimum Gasteiger partial charge on any atom is -0.294 e. The lowest BCUT2D eigenvalue weighted by atomic mass is 9.85. The van der Waals surface area contributed by atoms with Crippen molar-refractivity contribution in [2.45, 2.75) is 29.1 Å². The Morgan fingerprint density at radius 2 is 1.88 bits per heavy atom. The summed E-state index contributed by atoms with van der Waals surface area (Å²) in [5, 5.41) is 0. The summed E-state index contributed by atoms with van der Waals surface area (Å²) in [4.78, 5) is 24.7. The van der Waals surface area contributed by atoms with Crippen molar-refractivity contribution in [1.29, 1.82) is 0 Å². The normalized spacial score (nSPS) is 31.9. The van der Waals surface area contributed by atoms with Gasteiger partial charge >= 0.3 is 0 Å². The molecule has 0 aliphatic heterocycles. The van der Waals surface area contributed by atoms with Gasteiger partial charge in [-0.25, -0.2) is 0 Å². The topological polar surface area (TPSA) is 34.1 Å². The Morgan fingerprint density at radius 1 is 1.18 bits per heavy atom. The summed E-state index contributed by atoms with van der Waals surface area (Å²) in [6.07, 6.45) is 3.40. The van der Waals surface area contributed by atoms with E-state index in [4.69, 9.17) is 0 Å². The number of alkyl halides is 1. The zero-order chi connectivity index (χ0) is 12.0. The molecule has 0 unspecified atom stereocenters. The fraction of sp³-hybridized carbons (Fsp3) is 0.429. The van der Waals surface area contributed by atoms with E-state index in [-0.39, 0.29) is 15.0 Å². The molecule has 1 aromatic rings. The maximum atomic E-state index is 12.6. The monoisotopic (exact) mass is 340 g/mol. The molecule has 2 bridgehead atoms. The van der Waals surface area contributed by atoms with Crippen molar-refractivity contribution in [3.05, 3.63) is 35.4 Å². The number of hydrogen-bond donors (Lipinski definition) is 0. The second kappa shape index (κ2) is 3.90. The first-order valence-corrected chi connectivity index (χ1v) is 7.04. The maximum Gasteiger partial charge on any atom is 0.179 e. The molecule has 2 aliphatic rings. The van der Waals surface area contributed by atoms with Gasteiger partial charge in [-0.05, 0) is 25.2 Å². The van der Waals surface area contributed by atoms with E-state index in [1.54, 1.807) is 12.1 Å². The van der Waals surface area contributed by atoms with Gasteiger partial charge in [0.2, 0.25) is 0 Å². The number of halogens is 1. The van der Waals surface area contributed by atoms with E-state index in [0.29, 0.717) is 23.5 Å². The van der Waals surface area contributed by atoms with Crippen LogP contribution in [0.3, 0.4) is 0 Å². The highest BCUT2D eigenvalue weighted by molar-refractivity contribution is 14.1. The van der Waals surface area contributed by atoms with Gasteiger partial charge in [0.1, 0.15) is 0 Å². The Balaban J connectivity index is 2.18. The second-order valence-electron chi connectivity index (χ2n) is 5.08. The highest BCUT2D eigenvalue weighted by Gasteiger charge is 2.46. The van der Waals surface area contributed by atoms with Crippen molar-refractivity contribution in [2.24, 2.45) is 5.92 Å². The van der Waals surface area contributed by atoms with Gasteiger partial charge in [-0.3, -0.25) is 9.59 Å². The van der Waals surface area contributed by atoms with Gasteiger partial charge in [-0.2, -0.15) is 0 Å². The number of carbonyl (C=O) groups excluding carboxylic acids is 2. The average molecular weight is 340 g/mol. The van der Waals surface area contributed by atoms with E-state index < -0.39 is 0 Å². The number of rotatable bonds is 0. The largest absolute Gasteiger partial charge is 0.294 e. The van der Waals surface area contributed by atoms with Gasteiger partial charge in [0.25, 0.3) is 0 Å². The third-order valence-electron chi connectivity index (χ3n) is 3.91.